The molecule has 1 amide bonds. The van der Waals surface area contributed by atoms with Crippen molar-refractivity contribution in [3.05, 3.63) is 93.2 Å². The third kappa shape index (κ3) is 4.33. The number of hydrogen-bond acceptors (Lipinski definition) is 3. The Morgan fingerprint density at radius 3 is 2.42 bits per heavy atom. The van der Waals surface area contributed by atoms with Gasteiger partial charge in [-0.2, -0.15) is 0 Å². The van der Waals surface area contributed by atoms with E-state index in [2.05, 4.69) is 15.4 Å². The number of anilines is 1. The van der Waals surface area contributed by atoms with Crippen LogP contribution in [-0.2, 0) is 0 Å². The van der Waals surface area contributed by atoms with Crippen molar-refractivity contribution < 1.29 is 4.79 Å². The zero-order valence-corrected chi connectivity index (χ0v) is 18.8. The lowest BCUT2D eigenvalue weighted by Crippen LogP contribution is -2.15. The molecule has 0 bridgehead atoms. The van der Waals surface area contributed by atoms with Crippen molar-refractivity contribution in [3.8, 4) is 17.1 Å². The second kappa shape index (κ2) is 8.53. The number of amides is 1. The summed E-state index contributed by atoms with van der Waals surface area (Å²) in [6.07, 6.45) is 0. The normalized spacial score (nSPS) is 10.9. The van der Waals surface area contributed by atoms with Crippen molar-refractivity contribution in [2.75, 3.05) is 5.32 Å². The molecule has 1 N–H and O–H groups in total. The van der Waals surface area contributed by atoms with Crippen molar-refractivity contribution in [1.82, 2.24) is 14.8 Å². The molecule has 1 aromatic heterocycles. The summed E-state index contributed by atoms with van der Waals surface area (Å²) in [4.78, 5) is 17.5. The summed E-state index contributed by atoms with van der Waals surface area (Å²) in [6.45, 7) is 5.86. The minimum atomic E-state index is -0.388. The van der Waals surface area contributed by atoms with Gasteiger partial charge in [0.15, 0.2) is 5.82 Å². The fourth-order valence-corrected chi connectivity index (χ4v) is 3.62. The Kier molecular flexibility index (Phi) is 5.81. The Balaban J connectivity index is 1.80. The molecule has 0 fully saturated rings. The van der Waals surface area contributed by atoms with Gasteiger partial charge >= 0.3 is 0 Å². The van der Waals surface area contributed by atoms with E-state index in [4.69, 9.17) is 23.2 Å². The number of halogens is 2. The van der Waals surface area contributed by atoms with Gasteiger partial charge in [-0.3, -0.25) is 4.79 Å². The van der Waals surface area contributed by atoms with Crippen LogP contribution in [-0.4, -0.2) is 20.7 Å². The van der Waals surface area contributed by atoms with E-state index in [1.165, 1.54) is 0 Å². The van der Waals surface area contributed by atoms with Gasteiger partial charge in [-0.15, -0.1) is 5.10 Å². The van der Waals surface area contributed by atoms with Gasteiger partial charge < -0.3 is 5.32 Å². The predicted molar refractivity (Wildman–Crippen MR) is 125 cm³/mol. The molecule has 1 heterocycles. The maximum Gasteiger partial charge on any atom is 0.295 e. The van der Waals surface area contributed by atoms with Crippen LogP contribution in [0.1, 0.15) is 27.3 Å². The number of hydrogen-bond donors (Lipinski definition) is 1. The second-order valence-corrected chi connectivity index (χ2v) is 8.18. The topological polar surface area (TPSA) is 59.8 Å². The highest BCUT2D eigenvalue weighted by Gasteiger charge is 2.21. The van der Waals surface area contributed by atoms with Gasteiger partial charge in [0.1, 0.15) is 0 Å². The molecule has 0 aliphatic carbocycles. The molecule has 4 rings (SSSR count). The van der Waals surface area contributed by atoms with Crippen LogP contribution in [0.5, 0.6) is 0 Å². The van der Waals surface area contributed by atoms with E-state index in [0.717, 1.165) is 33.6 Å². The SMILES string of the molecule is Cc1ccc(NC(=O)c2nc(-c3ccc(Cl)cc3)n(-c3cccc(Cl)c3C)n2)c(C)c1. The molecule has 31 heavy (non-hydrogen) atoms. The van der Waals surface area contributed by atoms with Crippen LogP contribution in [0.3, 0.4) is 0 Å². The van der Waals surface area contributed by atoms with E-state index in [1.54, 1.807) is 16.8 Å². The molecular formula is C24H20Cl2N4O. The molecule has 156 valence electrons. The molecule has 0 spiro atoms. The average Bonchev–Trinajstić information content (AvgIpc) is 3.18. The summed E-state index contributed by atoms with van der Waals surface area (Å²) >= 11 is 12.4. The predicted octanol–water partition coefficient (Wildman–Crippen LogP) is 6.42. The third-order valence-corrected chi connectivity index (χ3v) is 5.67. The van der Waals surface area contributed by atoms with Gasteiger partial charge in [-0.25, -0.2) is 9.67 Å². The molecule has 3 aromatic carbocycles. The smallest absolute Gasteiger partial charge is 0.295 e. The van der Waals surface area contributed by atoms with E-state index < -0.39 is 0 Å². The van der Waals surface area contributed by atoms with E-state index in [9.17, 15) is 4.79 Å². The maximum absolute atomic E-state index is 13.0. The van der Waals surface area contributed by atoms with Gasteiger partial charge in [0.2, 0.25) is 5.82 Å². The first kappa shape index (κ1) is 21.1. The monoisotopic (exact) mass is 450 g/mol. The molecular weight excluding hydrogens is 431 g/mol. The number of aryl methyl sites for hydroxylation is 2. The van der Waals surface area contributed by atoms with Crippen LogP contribution in [0.25, 0.3) is 17.1 Å². The average molecular weight is 451 g/mol. The largest absolute Gasteiger partial charge is 0.319 e. The fourth-order valence-electron chi connectivity index (χ4n) is 3.32. The lowest BCUT2D eigenvalue weighted by molar-refractivity contribution is 0.101. The Hall–Kier alpha value is -3.15. The summed E-state index contributed by atoms with van der Waals surface area (Å²) in [5, 5.41) is 8.65. The quantitative estimate of drug-likeness (QED) is 0.390. The number of nitrogens with one attached hydrogen (secondary N) is 1. The standard InChI is InChI=1S/C24H20Cl2N4O/c1-14-7-12-20(15(2)13-14)27-24(31)22-28-23(17-8-10-18(25)11-9-17)30(29-22)21-6-4-5-19(26)16(21)3/h4-13H,1-3H3,(H,27,31). The van der Waals surface area contributed by atoms with Gasteiger partial charge in [0.25, 0.3) is 5.91 Å². The van der Waals surface area contributed by atoms with Crippen molar-refractivity contribution in [3.63, 3.8) is 0 Å². The van der Waals surface area contributed by atoms with Crippen molar-refractivity contribution in [1.29, 1.82) is 0 Å². The number of benzene rings is 3. The van der Waals surface area contributed by atoms with E-state index in [1.807, 2.05) is 69.3 Å². The Labute approximate surface area is 190 Å². The molecule has 5 nitrogen and oxygen atoms in total. The third-order valence-electron chi connectivity index (χ3n) is 5.01. The second-order valence-electron chi connectivity index (χ2n) is 7.33. The van der Waals surface area contributed by atoms with E-state index >= 15 is 0 Å². The highest BCUT2D eigenvalue weighted by atomic mass is 35.5. The number of aromatic nitrogens is 3. The number of carbonyl (C=O) groups excluding carboxylic acids is 1. The van der Waals surface area contributed by atoms with Crippen LogP contribution in [0, 0.1) is 20.8 Å². The highest BCUT2D eigenvalue weighted by molar-refractivity contribution is 6.31. The van der Waals surface area contributed by atoms with Crippen LogP contribution in [0.15, 0.2) is 60.7 Å². The minimum Gasteiger partial charge on any atom is -0.319 e. The molecule has 0 aliphatic rings. The Morgan fingerprint density at radius 1 is 0.968 bits per heavy atom. The van der Waals surface area contributed by atoms with E-state index in [-0.39, 0.29) is 11.7 Å². The van der Waals surface area contributed by atoms with Crippen molar-refractivity contribution in [2.24, 2.45) is 0 Å². The van der Waals surface area contributed by atoms with Crippen LogP contribution in [0.2, 0.25) is 10.0 Å². The van der Waals surface area contributed by atoms with E-state index in [0.29, 0.717) is 15.9 Å². The summed E-state index contributed by atoms with van der Waals surface area (Å²) in [5.41, 5.74) is 5.18. The first-order valence-corrected chi connectivity index (χ1v) is 10.5. The number of carbonyl (C=O) groups is 1. The number of rotatable bonds is 4. The molecule has 0 saturated carbocycles. The van der Waals surface area contributed by atoms with Gasteiger partial charge in [-0.1, -0.05) is 47.0 Å². The number of nitrogens with zero attached hydrogens (tertiary/aromatic N) is 3. The highest BCUT2D eigenvalue weighted by Crippen LogP contribution is 2.28. The molecule has 0 unspecified atom stereocenters. The fraction of sp³-hybridized carbons (Fsp3) is 0.125. The van der Waals surface area contributed by atoms with Gasteiger partial charge in [0.05, 0.1) is 5.69 Å². The zero-order chi connectivity index (χ0) is 22.1. The molecule has 0 aliphatic heterocycles. The molecule has 7 heteroatoms. The Bertz CT molecular complexity index is 1280. The molecule has 0 atom stereocenters. The lowest BCUT2D eigenvalue weighted by Gasteiger charge is -2.10. The van der Waals surface area contributed by atoms with Crippen molar-refractivity contribution in [2.45, 2.75) is 20.8 Å². The van der Waals surface area contributed by atoms with Crippen molar-refractivity contribution >= 4 is 34.8 Å². The first-order chi connectivity index (χ1) is 14.8. The molecule has 0 radical (unpaired) electrons. The van der Waals surface area contributed by atoms with Crippen LogP contribution < -0.4 is 5.32 Å². The van der Waals surface area contributed by atoms with Gasteiger partial charge in [-0.05, 0) is 74.4 Å². The summed E-state index contributed by atoms with van der Waals surface area (Å²) in [7, 11) is 0. The zero-order valence-electron chi connectivity index (χ0n) is 17.3. The summed E-state index contributed by atoms with van der Waals surface area (Å²) in [5.74, 6) is 0.192. The summed E-state index contributed by atoms with van der Waals surface area (Å²) < 4.78 is 1.64. The van der Waals surface area contributed by atoms with Gasteiger partial charge in [0, 0.05) is 21.3 Å². The summed E-state index contributed by atoms with van der Waals surface area (Å²) in [6, 6.07) is 18.6. The minimum absolute atomic E-state index is 0.0595. The molecule has 0 saturated heterocycles. The Morgan fingerprint density at radius 2 is 1.71 bits per heavy atom. The van der Waals surface area contributed by atoms with Crippen LogP contribution in [0.4, 0.5) is 5.69 Å². The molecule has 4 aromatic rings. The lowest BCUT2D eigenvalue weighted by atomic mass is 10.1. The first-order valence-electron chi connectivity index (χ1n) is 9.70. The maximum atomic E-state index is 13.0. The van der Waals surface area contributed by atoms with Crippen LogP contribution >= 0.6 is 23.2 Å².